The molecule has 2 unspecified atom stereocenters. The number of rotatable bonds is 5. The first-order valence-electron chi connectivity index (χ1n) is 7.60. The van der Waals surface area contributed by atoms with Gasteiger partial charge in [0.05, 0.1) is 5.92 Å². The summed E-state index contributed by atoms with van der Waals surface area (Å²) < 4.78 is 10.8. The Morgan fingerprint density at radius 2 is 1.90 bits per heavy atom. The number of ether oxygens (including phenoxy) is 2. The molecule has 1 saturated carbocycles. The van der Waals surface area contributed by atoms with Crippen LogP contribution in [0.15, 0.2) is 30.3 Å². The molecule has 0 aliphatic heterocycles. The van der Waals surface area contributed by atoms with Gasteiger partial charge in [0.1, 0.15) is 19.0 Å². The zero-order valence-electron chi connectivity index (χ0n) is 12.2. The molecule has 0 bridgehead atoms. The number of hydrogen-bond donors (Lipinski definition) is 0. The molecule has 0 saturated heterocycles. The summed E-state index contributed by atoms with van der Waals surface area (Å²) in [5.41, 5.74) is 0. The van der Waals surface area contributed by atoms with Crippen molar-refractivity contribution in [2.24, 2.45) is 11.8 Å². The van der Waals surface area contributed by atoms with Crippen molar-refractivity contribution in [3.8, 4) is 5.75 Å². The molecule has 0 amide bonds. The van der Waals surface area contributed by atoms with Crippen molar-refractivity contribution in [1.82, 2.24) is 0 Å². The maximum atomic E-state index is 12.0. The van der Waals surface area contributed by atoms with Crippen molar-refractivity contribution in [2.45, 2.75) is 39.0 Å². The van der Waals surface area contributed by atoms with E-state index >= 15 is 0 Å². The van der Waals surface area contributed by atoms with Crippen molar-refractivity contribution in [1.29, 1.82) is 0 Å². The first-order chi connectivity index (χ1) is 9.75. The van der Waals surface area contributed by atoms with Gasteiger partial charge in [0.25, 0.3) is 0 Å². The van der Waals surface area contributed by atoms with Crippen LogP contribution in [0.4, 0.5) is 0 Å². The van der Waals surface area contributed by atoms with E-state index in [4.69, 9.17) is 9.47 Å². The minimum absolute atomic E-state index is 0.0456. The van der Waals surface area contributed by atoms with Crippen molar-refractivity contribution >= 4 is 5.97 Å². The molecule has 0 spiro atoms. The lowest BCUT2D eigenvalue weighted by atomic mass is 9.99. The number of carbonyl (C=O) groups excluding carboxylic acids is 1. The third-order valence-electron chi connectivity index (χ3n) is 3.93. The Morgan fingerprint density at radius 1 is 1.10 bits per heavy atom. The van der Waals surface area contributed by atoms with Crippen LogP contribution in [0.3, 0.4) is 0 Å². The summed E-state index contributed by atoms with van der Waals surface area (Å²) in [6.07, 6.45) is 5.46. The summed E-state index contributed by atoms with van der Waals surface area (Å²) in [6.45, 7) is 3.01. The molecule has 1 aliphatic rings. The number of hydrogen-bond acceptors (Lipinski definition) is 3. The van der Waals surface area contributed by atoms with Gasteiger partial charge in [-0.25, -0.2) is 0 Å². The molecule has 0 aromatic heterocycles. The summed E-state index contributed by atoms with van der Waals surface area (Å²) in [6, 6.07) is 9.59. The van der Waals surface area contributed by atoms with Gasteiger partial charge in [-0.05, 0) is 37.3 Å². The van der Waals surface area contributed by atoms with Crippen LogP contribution < -0.4 is 4.74 Å². The van der Waals surface area contributed by atoms with Crippen molar-refractivity contribution in [2.75, 3.05) is 13.2 Å². The average Bonchev–Trinajstić information content (AvgIpc) is 2.69. The molecular weight excluding hydrogens is 252 g/mol. The molecule has 1 aromatic carbocycles. The Balaban J connectivity index is 1.64. The van der Waals surface area contributed by atoms with Crippen molar-refractivity contribution in [3.63, 3.8) is 0 Å². The van der Waals surface area contributed by atoms with Gasteiger partial charge in [-0.15, -0.1) is 0 Å². The monoisotopic (exact) mass is 276 g/mol. The molecule has 1 aliphatic carbocycles. The van der Waals surface area contributed by atoms with Gasteiger partial charge in [0, 0.05) is 0 Å². The van der Waals surface area contributed by atoms with E-state index in [1.54, 1.807) is 0 Å². The van der Waals surface area contributed by atoms with E-state index in [1.165, 1.54) is 6.42 Å². The summed E-state index contributed by atoms with van der Waals surface area (Å²) >= 11 is 0. The molecule has 2 atom stereocenters. The fourth-order valence-electron chi connectivity index (χ4n) is 2.66. The van der Waals surface area contributed by atoms with Crippen LogP contribution in [0.1, 0.15) is 39.0 Å². The van der Waals surface area contributed by atoms with Crippen LogP contribution in [-0.2, 0) is 9.53 Å². The second kappa shape index (κ2) is 7.93. The normalized spacial score (nSPS) is 22.9. The maximum absolute atomic E-state index is 12.0. The smallest absolute Gasteiger partial charge is 0.309 e. The van der Waals surface area contributed by atoms with Gasteiger partial charge >= 0.3 is 5.97 Å². The molecule has 1 fully saturated rings. The fourth-order valence-corrected chi connectivity index (χ4v) is 2.66. The first-order valence-corrected chi connectivity index (χ1v) is 7.60. The highest BCUT2D eigenvalue weighted by atomic mass is 16.6. The fraction of sp³-hybridized carbons (Fsp3) is 0.588. The highest BCUT2D eigenvalue weighted by molar-refractivity contribution is 5.72. The zero-order valence-corrected chi connectivity index (χ0v) is 12.2. The molecule has 20 heavy (non-hydrogen) atoms. The lowest BCUT2D eigenvalue weighted by Gasteiger charge is -2.13. The third-order valence-corrected chi connectivity index (χ3v) is 3.93. The second-order valence-corrected chi connectivity index (χ2v) is 5.64. The zero-order chi connectivity index (χ0) is 14.2. The molecule has 3 nitrogen and oxygen atoms in total. The van der Waals surface area contributed by atoms with E-state index in [2.05, 4.69) is 6.92 Å². The summed E-state index contributed by atoms with van der Waals surface area (Å²) in [5.74, 6) is 1.61. The largest absolute Gasteiger partial charge is 0.490 e. The Morgan fingerprint density at radius 3 is 2.70 bits per heavy atom. The topological polar surface area (TPSA) is 35.5 Å². The van der Waals surface area contributed by atoms with Gasteiger partial charge in [0.2, 0.25) is 0 Å². The molecule has 110 valence electrons. The SMILES string of the molecule is CC1CCCC(C(=O)OCCOc2ccccc2)CC1. The minimum atomic E-state index is -0.0456. The van der Waals surface area contributed by atoms with Gasteiger partial charge in [-0.1, -0.05) is 38.0 Å². The molecular formula is C17H24O3. The second-order valence-electron chi connectivity index (χ2n) is 5.64. The van der Waals surface area contributed by atoms with Crippen molar-refractivity contribution < 1.29 is 14.3 Å². The third kappa shape index (κ3) is 4.87. The predicted octanol–water partition coefficient (Wildman–Crippen LogP) is 3.83. The standard InChI is InChI=1S/C17H24O3/c1-14-6-5-7-15(11-10-14)17(18)20-13-12-19-16-8-3-2-4-9-16/h2-4,8-9,14-15H,5-7,10-13H2,1H3. The van der Waals surface area contributed by atoms with Crippen LogP contribution in [0.2, 0.25) is 0 Å². The van der Waals surface area contributed by atoms with E-state index in [-0.39, 0.29) is 11.9 Å². The number of carbonyl (C=O) groups is 1. The maximum Gasteiger partial charge on any atom is 0.309 e. The van der Waals surface area contributed by atoms with Gasteiger partial charge in [-0.3, -0.25) is 4.79 Å². The summed E-state index contributed by atoms with van der Waals surface area (Å²) in [7, 11) is 0. The Kier molecular flexibility index (Phi) is 5.90. The van der Waals surface area contributed by atoms with Crippen LogP contribution >= 0.6 is 0 Å². The molecule has 1 aromatic rings. The molecule has 0 N–H and O–H groups in total. The van der Waals surface area contributed by atoms with Crippen LogP contribution in [-0.4, -0.2) is 19.2 Å². The summed E-state index contributed by atoms with van der Waals surface area (Å²) in [5, 5.41) is 0. The average molecular weight is 276 g/mol. The minimum Gasteiger partial charge on any atom is -0.490 e. The van der Waals surface area contributed by atoms with Crippen LogP contribution in [0.5, 0.6) is 5.75 Å². The Hall–Kier alpha value is -1.51. The van der Waals surface area contributed by atoms with E-state index in [9.17, 15) is 4.79 Å². The molecule has 2 rings (SSSR count). The lowest BCUT2D eigenvalue weighted by molar-refractivity contribution is -0.149. The van der Waals surface area contributed by atoms with Crippen molar-refractivity contribution in [3.05, 3.63) is 30.3 Å². The predicted molar refractivity (Wildman–Crippen MR) is 78.6 cm³/mol. The molecule has 3 heteroatoms. The highest BCUT2D eigenvalue weighted by Gasteiger charge is 2.23. The Bertz CT molecular complexity index is 402. The van der Waals surface area contributed by atoms with Gasteiger partial charge < -0.3 is 9.47 Å². The van der Waals surface area contributed by atoms with E-state index in [0.29, 0.717) is 13.2 Å². The Labute approximate surface area is 121 Å². The highest BCUT2D eigenvalue weighted by Crippen LogP contribution is 2.27. The van der Waals surface area contributed by atoms with Crippen LogP contribution in [0.25, 0.3) is 0 Å². The summed E-state index contributed by atoms with van der Waals surface area (Å²) in [4.78, 5) is 12.0. The van der Waals surface area contributed by atoms with Crippen LogP contribution in [0, 0.1) is 11.8 Å². The number of esters is 1. The molecule has 0 radical (unpaired) electrons. The van der Waals surface area contributed by atoms with E-state index in [1.807, 2.05) is 30.3 Å². The first kappa shape index (κ1) is 14.9. The quantitative estimate of drug-likeness (QED) is 0.466. The van der Waals surface area contributed by atoms with E-state index < -0.39 is 0 Å². The number of para-hydroxylation sites is 1. The molecule has 0 heterocycles. The van der Waals surface area contributed by atoms with Gasteiger partial charge in [0.15, 0.2) is 0 Å². The van der Waals surface area contributed by atoms with Gasteiger partial charge in [-0.2, -0.15) is 0 Å². The van der Waals surface area contributed by atoms with E-state index in [0.717, 1.165) is 37.4 Å². The number of benzene rings is 1. The lowest BCUT2D eigenvalue weighted by Crippen LogP contribution is -2.20.